The first-order chi connectivity index (χ1) is 12.5. The molecule has 1 amide bonds. The van der Waals surface area contributed by atoms with Gasteiger partial charge in [-0.1, -0.05) is 19.9 Å². The summed E-state index contributed by atoms with van der Waals surface area (Å²) in [5.74, 6) is 0.361. The van der Waals surface area contributed by atoms with Gasteiger partial charge in [0.1, 0.15) is 0 Å². The zero-order valence-corrected chi connectivity index (χ0v) is 15.4. The number of aliphatic imine (C=N–C) groups is 1. The number of nitrogens with zero attached hydrogens (tertiary/aromatic N) is 3. The van der Waals surface area contributed by atoms with Crippen LogP contribution in [0.5, 0.6) is 0 Å². The predicted octanol–water partition coefficient (Wildman–Crippen LogP) is 1.12. The molecule has 0 radical (unpaired) electrons. The van der Waals surface area contributed by atoms with Crippen LogP contribution in [0.1, 0.15) is 25.5 Å². The van der Waals surface area contributed by atoms with Crippen molar-refractivity contribution in [2.24, 2.45) is 17.8 Å². The number of methoxy groups -OCH3 is 1. The maximum atomic E-state index is 12.3. The van der Waals surface area contributed by atoms with E-state index in [0.717, 1.165) is 12.8 Å². The highest BCUT2D eigenvalue weighted by molar-refractivity contribution is 6.07. The van der Waals surface area contributed by atoms with Gasteiger partial charge in [-0.2, -0.15) is 0 Å². The Hall–Kier alpha value is -3.10. The molecule has 26 heavy (non-hydrogen) atoms. The average Bonchev–Trinajstić information content (AvgIpc) is 2.62. The molecule has 0 aromatic carbocycles. The molecule has 4 N–H and O–H groups in total. The monoisotopic (exact) mass is 362 g/mol. The number of nitrogens with two attached hydrogens (primary N) is 1. The lowest BCUT2D eigenvalue weighted by Gasteiger charge is -2.20. The number of aromatic nitrogens is 2. The van der Waals surface area contributed by atoms with Gasteiger partial charge in [0.15, 0.2) is 0 Å². The molecular formula is C17H26N6O3. The normalized spacial score (nSPS) is 12.7. The number of carbonyl (C=O) groups is 1. The second-order valence-corrected chi connectivity index (χ2v) is 5.42. The Balaban J connectivity index is 3.16. The molecule has 142 valence electrons. The van der Waals surface area contributed by atoms with Crippen LogP contribution in [0.3, 0.4) is 0 Å². The minimum absolute atomic E-state index is 0.128. The summed E-state index contributed by atoms with van der Waals surface area (Å²) in [5, 5.41) is 5.84. The van der Waals surface area contributed by atoms with E-state index in [4.69, 9.17) is 5.73 Å². The smallest absolute Gasteiger partial charge is 0.406 e. The summed E-state index contributed by atoms with van der Waals surface area (Å²) in [5.41, 5.74) is 5.96. The Bertz CT molecular complexity index is 739. The molecule has 0 saturated carbocycles. The Morgan fingerprint density at radius 3 is 2.88 bits per heavy atom. The molecule has 9 nitrogen and oxygen atoms in total. The van der Waals surface area contributed by atoms with Gasteiger partial charge in [0.25, 0.3) is 5.56 Å². The summed E-state index contributed by atoms with van der Waals surface area (Å²) < 4.78 is 5.97. The van der Waals surface area contributed by atoms with E-state index in [1.807, 2.05) is 6.92 Å². The quantitative estimate of drug-likeness (QED) is 0.566. The highest BCUT2D eigenvalue weighted by Gasteiger charge is 2.14. The van der Waals surface area contributed by atoms with Gasteiger partial charge in [-0.25, -0.2) is 9.78 Å². The van der Waals surface area contributed by atoms with E-state index in [0.29, 0.717) is 23.9 Å². The van der Waals surface area contributed by atoms with Gasteiger partial charge in [0.2, 0.25) is 5.95 Å². The molecule has 0 bridgehead atoms. The van der Waals surface area contributed by atoms with E-state index in [2.05, 4.69) is 31.9 Å². The van der Waals surface area contributed by atoms with Crippen LogP contribution < -0.4 is 21.9 Å². The number of hydrogen-bond acceptors (Lipinski definition) is 7. The third-order valence-corrected chi connectivity index (χ3v) is 3.53. The number of rotatable bonds is 9. The fourth-order valence-electron chi connectivity index (χ4n) is 2.22. The van der Waals surface area contributed by atoms with Gasteiger partial charge in [0, 0.05) is 31.9 Å². The van der Waals surface area contributed by atoms with Gasteiger partial charge in [-0.15, -0.1) is 0 Å². The summed E-state index contributed by atoms with van der Waals surface area (Å²) in [6.45, 7) is 5.91. The van der Waals surface area contributed by atoms with E-state index < -0.39 is 6.09 Å². The van der Waals surface area contributed by atoms with Crippen LogP contribution in [0.15, 0.2) is 40.9 Å². The van der Waals surface area contributed by atoms with Crippen LogP contribution in [-0.2, 0) is 11.8 Å². The van der Waals surface area contributed by atoms with E-state index in [-0.39, 0.29) is 11.6 Å². The Morgan fingerprint density at radius 2 is 2.31 bits per heavy atom. The number of carbonyl (C=O) groups excluding carboxylic acids is 1. The molecule has 1 heterocycles. The molecule has 1 rings (SSSR count). The van der Waals surface area contributed by atoms with Gasteiger partial charge in [0.05, 0.1) is 18.5 Å². The number of hydrogen-bond donors (Lipinski definition) is 3. The molecule has 1 atom stereocenters. The van der Waals surface area contributed by atoms with Crippen molar-refractivity contribution in [3.63, 3.8) is 0 Å². The molecule has 1 aromatic rings. The van der Waals surface area contributed by atoms with Crippen molar-refractivity contribution in [3.8, 4) is 0 Å². The van der Waals surface area contributed by atoms with Crippen LogP contribution >= 0.6 is 0 Å². The molecule has 0 aliphatic heterocycles. The highest BCUT2D eigenvalue weighted by Crippen LogP contribution is 2.08. The predicted molar refractivity (Wildman–Crippen MR) is 102 cm³/mol. The van der Waals surface area contributed by atoms with Crippen molar-refractivity contribution >= 4 is 17.8 Å². The molecule has 0 aliphatic carbocycles. The number of ether oxygens (including phenoxy) is 1. The Labute approximate surface area is 152 Å². The zero-order valence-electron chi connectivity index (χ0n) is 15.4. The lowest BCUT2D eigenvalue weighted by atomic mass is 10.1. The van der Waals surface area contributed by atoms with Crippen LogP contribution in [0.2, 0.25) is 0 Å². The number of amides is 1. The molecule has 0 unspecified atom stereocenters. The van der Waals surface area contributed by atoms with Crippen LogP contribution in [0.25, 0.3) is 0 Å². The van der Waals surface area contributed by atoms with Gasteiger partial charge >= 0.3 is 6.09 Å². The van der Waals surface area contributed by atoms with Crippen molar-refractivity contribution in [3.05, 3.63) is 47.2 Å². The van der Waals surface area contributed by atoms with Crippen LogP contribution in [0.4, 0.5) is 10.7 Å². The third kappa shape index (κ3) is 6.08. The van der Waals surface area contributed by atoms with E-state index in [1.165, 1.54) is 36.2 Å². The first-order valence-corrected chi connectivity index (χ1v) is 8.20. The second kappa shape index (κ2) is 10.7. The highest BCUT2D eigenvalue weighted by atomic mass is 16.5. The fraction of sp³-hybridized carbons (Fsp3) is 0.412. The Morgan fingerprint density at radius 1 is 1.58 bits per heavy atom. The number of alkyl carbamates (subject to hydrolysis) is 1. The summed E-state index contributed by atoms with van der Waals surface area (Å²) in [7, 11) is 2.92. The molecule has 1 aromatic heterocycles. The minimum Gasteiger partial charge on any atom is -0.453 e. The summed E-state index contributed by atoms with van der Waals surface area (Å²) in [6, 6.07) is 1.24. The van der Waals surface area contributed by atoms with E-state index in [1.54, 1.807) is 7.05 Å². The topological polar surface area (TPSA) is 124 Å². The third-order valence-electron chi connectivity index (χ3n) is 3.53. The first kappa shape index (κ1) is 20.9. The van der Waals surface area contributed by atoms with Crippen molar-refractivity contribution in [1.29, 1.82) is 0 Å². The molecular weight excluding hydrogens is 336 g/mol. The molecule has 0 spiro atoms. The largest absolute Gasteiger partial charge is 0.453 e. The van der Waals surface area contributed by atoms with E-state index >= 15 is 0 Å². The van der Waals surface area contributed by atoms with Crippen LogP contribution in [0, 0.1) is 0 Å². The average molecular weight is 362 g/mol. The number of nitrogens with one attached hydrogen (secondary N) is 2. The Kier molecular flexibility index (Phi) is 8.62. The fourth-order valence-corrected chi connectivity index (χ4v) is 2.22. The van der Waals surface area contributed by atoms with Crippen molar-refractivity contribution in [2.75, 3.05) is 19.0 Å². The second-order valence-electron chi connectivity index (χ2n) is 5.42. The summed E-state index contributed by atoms with van der Waals surface area (Å²) in [4.78, 5) is 32.1. The maximum absolute atomic E-state index is 12.3. The minimum atomic E-state index is -0.517. The molecule has 0 saturated heterocycles. The molecule has 0 aliphatic rings. The number of anilines is 1. The molecule has 0 fully saturated rings. The summed E-state index contributed by atoms with van der Waals surface area (Å²) >= 11 is 0. The van der Waals surface area contributed by atoms with Gasteiger partial charge in [-0.05, 0) is 18.7 Å². The number of allylic oxidation sites excluding steroid dienone is 1. The van der Waals surface area contributed by atoms with E-state index in [9.17, 15) is 9.59 Å². The van der Waals surface area contributed by atoms with Crippen molar-refractivity contribution in [1.82, 2.24) is 14.9 Å². The van der Waals surface area contributed by atoms with Crippen LogP contribution in [-0.4, -0.2) is 41.1 Å². The molecule has 9 heteroatoms. The lowest BCUT2D eigenvalue weighted by Crippen LogP contribution is -2.38. The first-order valence-electron chi connectivity index (χ1n) is 8.20. The van der Waals surface area contributed by atoms with Crippen molar-refractivity contribution < 1.29 is 9.53 Å². The lowest BCUT2D eigenvalue weighted by molar-refractivity contribution is 0.170. The van der Waals surface area contributed by atoms with Gasteiger partial charge < -0.3 is 21.1 Å². The maximum Gasteiger partial charge on any atom is 0.406 e. The summed E-state index contributed by atoms with van der Waals surface area (Å²) in [6.07, 6.45) is 5.33. The van der Waals surface area contributed by atoms with Crippen molar-refractivity contribution in [2.45, 2.75) is 25.8 Å². The SMILES string of the molecule is C=C/N=C(\C=C/N)c1cc(=O)n(C)c(N[C@H](CCC)CNC(=O)OC)n1. The van der Waals surface area contributed by atoms with Gasteiger partial charge in [-0.3, -0.25) is 14.4 Å². The standard InChI is InChI=1S/C17H26N6O3/c1-5-7-12(11-20-17(25)26-4)21-16-22-14(10-15(24)23(16)3)13(8-9-18)19-6-2/h6,8-10,12H,2,5,7,11,18H2,1,3-4H3,(H,20,25)(H,21,22)/b9-8-,19-13+/t12-/m1/s1. The zero-order chi connectivity index (χ0) is 19.5.